The maximum Gasteiger partial charge on any atom is 0.272 e. The predicted molar refractivity (Wildman–Crippen MR) is 78.0 cm³/mol. The van der Waals surface area contributed by atoms with E-state index in [4.69, 9.17) is 11.5 Å². The number of amides is 2. The van der Waals surface area contributed by atoms with Gasteiger partial charge in [0.05, 0.1) is 0 Å². The van der Waals surface area contributed by atoms with Gasteiger partial charge in [-0.05, 0) is 23.8 Å². The van der Waals surface area contributed by atoms with Crippen LogP contribution in [0, 0.1) is 0 Å². The standard InChI is InChI=1S/C14H17N5O2/c1-18-12(6-7-17-18)14(21)19(9-13(16)20)8-10-2-4-11(15)5-3-10/h2-7H,8-9,15H2,1H3,(H2,16,20). The van der Waals surface area contributed by atoms with E-state index in [0.29, 0.717) is 11.4 Å². The number of hydrogen-bond acceptors (Lipinski definition) is 4. The highest BCUT2D eigenvalue weighted by Crippen LogP contribution is 2.11. The van der Waals surface area contributed by atoms with Crippen LogP contribution in [0.2, 0.25) is 0 Å². The maximum atomic E-state index is 12.5. The highest BCUT2D eigenvalue weighted by atomic mass is 16.2. The molecule has 0 aliphatic rings. The molecule has 7 heteroatoms. The van der Waals surface area contributed by atoms with Crippen molar-refractivity contribution in [1.29, 1.82) is 0 Å². The predicted octanol–water partition coefficient (Wildman–Crippen LogP) is 0.130. The summed E-state index contributed by atoms with van der Waals surface area (Å²) >= 11 is 0. The molecule has 21 heavy (non-hydrogen) atoms. The number of hydrogen-bond donors (Lipinski definition) is 2. The second-order valence-electron chi connectivity index (χ2n) is 4.71. The number of carbonyl (C=O) groups excluding carboxylic acids is 2. The topological polar surface area (TPSA) is 107 Å². The van der Waals surface area contributed by atoms with E-state index in [9.17, 15) is 9.59 Å². The average molecular weight is 287 g/mol. The number of nitrogens with two attached hydrogens (primary N) is 2. The minimum atomic E-state index is -0.569. The summed E-state index contributed by atoms with van der Waals surface area (Å²) in [4.78, 5) is 25.0. The van der Waals surface area contributed by atoms with Crippen LogP contribution in [0.15, 0.2) is 36.5 Å². The third-order valence-corrected chi connectivity index (χ3v) is 3.03. The van der Waals surface area contributed by atoms with Crippen LogP contribution in [0.3, 0.4) is 0 Å². The highest BCUT2D eigenvalue weighted by molar-refractivity contribution is 5.94. The summed E-state index contributed by atoms with van der Waals surface area (Å²) in [5, 5.41) is 3.95. The van der Waals surface area contributed by atoms with Gasteiger partial charge in [-0.2, -0.15) is 5.10 Å². The van der Waals surface area contributed by atoms with Gasteiger partial charge >= 0.3 is 0 Å². The van der Waals surface area contributed by atoms with Crippen LogP contribution in [0.4, 0.5) is 5.69 Å². The number of benzene rings is 1. The molecular formula is C14H17N5O2. The maximum absolute atomic E-state index is 12.5. The molecule has 0 bridgehead atoms. The molecule has 0 saturated carbocycles. The van der Waals surface area contributed by atoms with Crippen molar-refractivity contribution in [2.24, 2.45) is 12.8 Å². The molecule has 7 nitrogen and oxygen atoms in total. The summed E-state index contributed by atoms with van der Waals surface area (Å²) in [5.74, 6) is -0.869. The number of rotatable bonds is 5. The van der Waals surface area contributed by atoms with Crippen LogP contribution >= 0.6 is 0 Å². The van der Waals surface area contributed by atoms with Crippen molar-refractivity contribution in [3.8, 4) is 0 Å². The molecule has 1 heterocycles. The van der Waals surface area contributed by atoms with Crippen LogP contribution in [0.25, 0.3) is 0 Å². The van der Waals surface area contributed by atoms with Crippen LogP contribution < -0.4 is 11.5 Å². The van der Waals surface area contributed by atoms with Crippen LogP contribution in [-0.2, 0) is 18.4 Å². The second kappa shape index (κ2) is 6.08. The normalized spacial score (nSPS) is 10.3. The lowest BCUT2D eigenvalue weighted by molar-refractivity contribution is -0.118. The van der Waals surface area contributed by atoms with Crippen molar-refractivity contribution < 1.29 is 9.59 Å². The Morgan fingerprint density at radius 1 is 1.24 bits per heavy atom. The Kier molecular flexibility index (Phi) is 4.22. The first-order valence-corrected chi connectivity index (χ1v) is 6.37. The van der Waals surface area contributed by atoms with Gasteiger partial charge in [0.25, 0.3) is 5.91 Å². The molecular weight excluding hydrogens is 270 g/mol. The molecule has 0 radical (unpaired) electrons. The molecule has 1 aromatic carbocycles. The highest BCUT2D eigenvalue weighted by Gasteiger charge is 2.20. The molecule has 110 valence electrons. The second-order valence-corrected chi connectivity index (χ2v) is 4.71. The summed E-state index contributed by atoms with van der Waals surface area (Å²) in [6.07, 6.45) is 1.53. The number of carbonyl (C=O) groups is 2. The Morgan fingerprint density at radius 3 is 2.43 bits per heavy atom. The molecule has 0 atom stereocenters. The minimum absolute atomic E-state index is 0.158. The Bertz CT molecular complexity index is 648. The lowest BCUT2D eigenvalue weighted by Gasteiger charge is -2.21. The first-order chi connectivity index (χ1) is 9.97. The number of nitrogen functional groups attached to an aromatic ring is 1. The van der Waals surface area contributed by atoms with Crippen LogP contribution in [0.5, 0.6) is 0 Å². The van der Waals surface area contributed by atoms with E-state index in [0.717, 1.165) is 5.56 Å². The SMILES string of the molecule is Cn1nccc1C(=O)N(CC(N)=O)Cc1ccc(N)cc1. The third kappa shape index (κ3) is 3.59. The van der Waals surface area contributed by atoms with Gasteiger partial charge in [0.1, 0.15) is 12.2 Å². The van der Waals surface area contributed by atoms with Gasteiger partial charge in [-0.3, -0.25) is 14.3 Å². The fourth-order valence-electron chi connectivity index (χ4n) is 1.98. The molecule has 0 unspecified atom stereocenters. The van der Waals surface area contributed by atoms with Gasteiger partial charge in [-0.1, -0.05) is 12.1 Å². The van der Waals surface area contributed by atoms with Crippen molar-refractivity contribution in [1.82, 2.24) is 14.7 Å². The van der Waals surface area contributed by atoms with E-state index < -0.39 is 5.91 Å². The summed E-state index contributed by atoms with van der Waals surface area (Å²) in [6, 6.07) is 8.69. The van der Waals surface area contributed by atoms with Crippen molar-refractivity contribution in [3.05, 3.63) is 47.8 Å². The molecule has 2 aromatic rings. The zero-order valence-electron chi connectivity index (χ0n) is 11.7. The summed E-state index contributed by atoms with van der Waals surface area (Å²) < 4.78 is 1.46. The Labute approximate surface area is 122 Å². The van der Waals surface area contributed by atoms with Gasteiger partial charge in [-0.25, -0.2) is 0 Å². The summed E-state index contributed by atoms with van der Waals surface area (Å²) in [6.45, 7) is 0.113. The van der Waals surface area contributed by atoms with Crippen molar-refractivity contribution in [2.75, 3.05) is 12.3 Å². The summed E-state index contributed by atoms with van der Waals surface area (Å²) in [7, 11) is 1.67. The van der Waals surface area contributed by atoms with E-state index in [2.05, 4.69) is 5.10 Å². The van der Waals surface area contributed by atoms with E-state index >= 15 is 0 Å². The van der Waals surface area contributed by atoms with Crippen molar-refractivity contribution in [3.63, 3.8) is 0 Å². The molecule has 0 aliphatic carbocycles. The van der Waals surface area contributed by atoms with Crippen molar-refractivity contribution in [2.45, 2.75) is 6.54 Å². The lowest BCUT2D eigenvalue weighted by Crippen LogP contribution is -2.38. The van der Waals surface area contributed by atoms with Gasteiger partial charge in [0.2, 0.25) is 5.91 Å². The van der Waals surface area contributed by atoms with Crippen LogP contribution in [0.1, 0.15) is 16.1 Å². The lowest BCUT2D eigenvalue weighted by atomic mass is 10.2. The smallest absolute Gasteiger partial charge is 0.272 e. The number of aryl methyl sites for hydroxylation is 1. The van der Waals surface area contributed by atoms with Gasteiger partial charge in [0.15, 0.2) is 0 Å². The molecule has 2 rings (SSSR count). The first kappa shape index (κ1) is 14.6. The molecule has 2 amide bonds. The molecule has 0 fully saturated rings. The van der Waals surface area contributed by atoms with Gasteiger partial charge in [0, 0.05) is 25.5 Å². The third-order valence-electron chi connectivity index (χ3n) is 3.03. The number of primary amides is 1. The minimum Gasteiger partial charge on any atom is -0.399 e. The van der Waals surface area contributed by atoms with Gasteiger partial charge in [-0.15, -0.1) is 0 Å². The summed E-state index contributed by atoms with van der Waals surface area (Å²) in [5.41, 5.74) is 12.7. The monoisotopic (exact) mass is 287 g/mol. The van der Waals surface area contributed by atoms with E-state index in [1.807, 2.05) is 0 Å². The molecule has 1 aromatic heterocycles. The van der Waals surface area contributed by atoms with Crippen molar-refractivity contribution >= 4 is 17.5 Å². The fourth-order valence-corrected chi connectivity index (χ4v) is 1.98. The fraction of sp³-hybridized carbons (Fsp3) is 0.214. The largest absolute Gasteiger partial charge is 0.399 e. The molecule has 0 spiro atoms. The Hall–Kier alpha value is -2.83. The van der Waals surface area contributed by atoms with E-state index in [1.54, 1.807) is 37.4 Å². The number of nitrogens with zero attached hydrogens (tertiary/aromatic N) is 3. The van der Waals surface area contributed by atoms with E-state index in [-0.39, 0.29) is 19.0 Å². The first-order valence-electron chi connectivity index (χ1n) is 6.37. The van der Waals surface area contributed by atoms with Gasteiger partial charge < -0.3 is 16.4 Å². The van der Waals surface area contributed by atoms with Crippen LogP contribution in [-0.4, -0.2) is 33.0 Å². The Morgan fingerprint density at radius 2 is 1.90 bits per heavy atom. The number of anilines is 1. The molecule has 0 aliphatic heterocycles. The van der Waals surface area contributed by atoms with E-state index in [1.165, 1.54) is 15.8 Å². The molecule has 0 saturated heterocycles. The molecule has 4 N–H and O–H groups in total. The zero-order valence-corrected chi connectivity index (χ0v) is 11.7. The number of aromatic nitrogens is 2. The average Bonchev–Trinajstić information content (AvgIpc) is 2.85. The quantitative estimate of drug-likeness (QED) is 0.762. The Balaban J connectivity index is 2.22. The zero-order chi connectivity index (χ0) is 15.4.